The molecule has 7 nitrogen and oxygen atoms in total. The van der Waals surface area contributed by atoms with Crippen LogP contribution in [0, 0.1) is 0 Å². The molecule has 0 unspecified atom stereocenters. The van der Waals surface area contributed by atoms with Gasteiger partial charge in [0.25, 0.3) is 0 Å². The van der Waals surface area contributed by atoms with Crippen molar-refractivity contribution in [2.45, 2.75) is 50.0 Å². The normalized spacial score (nSPS) is 26.8. The minimum Gasteiger partial charge on any atom is -0.388 e. The molecule has 1 spiro atoms. The molecule has 2 atom stereocenters. The standard InChI is InChI=1S/C23H30N4O3/c1-22(26-20(28)8-7-18-5-3-2-4-6-18)11-16-30-23(21(22)29)9-14-27(15-10-23)17-19-24-12-13-25-19/h2-8,12-13,21,29H,9-11,14-17H2,1H3,(H,24,25)(H,26,28)/t21-,22+/m1/s1. The molecule has 7 heteroatoms. The predicted molar refractivity (Wildman–Crippen MR) is 114 cm³/mol. The number of aromatic nitrogens is 2. The SMILES string of the molecule is C[C@]1(NC(=O)C=Cc2ccccc2)CCOC2(CCN(Cc3ncc[nH]3)CC2)[C@@H]1O. The van der Waals surface area contributed by atoms with Gasteiger partial charge in [0.15, 0.2) is 0 Å². The van der Waals surface area contributed by atoms with E-state index in [1.165, 1.54) is 6.08 Å². The second-order valence-electron chi connectivity index (χ2n) is 8.53. The zero-order valence-electron chi connectivity index (χ0n) is 17.4. The lowest BCUT2D eigenvalue weighted by atomic mass is 9.73. The van der Waals surface area contributed by atoms with E-state index in [4.69, 9.17) is 4.74 Å². The Kier molecular flexibility index (Phi) is 6.04. The molecule has 2 aliphatic rings. The molecular formula is C23H30N4O3. The summed E-state index contributed by atoms with van der Waals surface area (Å²) in [6.45, 7) is 4.84. The minimum atomic E-state index is -0.765. The van der Waals surface area contributed by atoms with E-state index in [1.54, 1.807) is 12.3 Å². The number of nitrogens with zero attached hydrogens (tertiary/aromatic N) is 2. The third-order valence-corrected chi connectivity index (χ3v) is 6.38. The fraction of sp³-hybridized carbons (Fsp3) is 0.478. The number of carbonyl (C=O) groups is 1. The molecule has 3 N–H and O–H groups in total. The first-order valence-electron chi connectivity index (χ1n) is 10.6. The maximum absolute atomic E-state index is 12.6. The van der Waals surface area contributed by atoms with Gasteiger partial charge >= 0.3 is 0 Å². The zero-order valence-corrected chi connectivity index (χ0v) is 17.4. The number of aliphatic hydroxyl groups is 1. The molecular weight excluding hydrogens is 380 g/mol. The number of hydrogen-bond donors (Lipinski definition) is 3. The van der Waals surface area contributed by atoms with E-state index in [0.717, 1.165) is 43.9 Å². The van der Waals surface area contributed by atoms with Gasteiger partial charge in [0.2, 0.25) is 5.91 Å². The van der Waals surface area contributed by atoms with Crippen LogP contribution in [0.4, 0.5) is 0 Å². The molecule has 0 aliphatic carbocycles. The van der Waals surface area contributed by atoms with Gasteiger partial charge in [-0.1, -0.05) is 30.3 Å². The van der Waals surface area contributed by atoms with Crippen LogP contribution in [-0.2, 0) is 16.1 Å². The number of rotatable bonds is 5. The van der Waals surface area contributed by atoms with Crippen LogP contribution in [0.2, 0.25) is 0 Å². The topological polar surface area (TPSA) is 90.5 Å². The van der Waals surface area contributed by atoms with E-state index in [1.807, 2.05) is 43.5 Å². The quantitative estimate of drug-likeness (QED) is 0.657. The molecule has 160 valence electrons. The summed E-state index contributed by atoms with van der Waals surface area (Å²) in [6.07, 6.45) is 8.16. The number of likely N-dealkylation sites (tertiary alicyclic amines) is 1. The molecule has 0 saturated carbocycles. The van der Waals surface area contributed by atoms with Crippen molar-refractivity contribution in [3.8, 4) is 0 Å². The van der Waals surface area contributed by atoms with Crippen LogP contribution in [0.15, 0.2) is 48.8 Å². The summed E-state index contributed by atoms with van der Waals surface area (Å²) in [4.78, 5) is 22.3. The summed E-state index contributed by atoms with van der Waals surface area (Å²) in [5, 5.41) is 14.3. The van der Waals surface area contributed by atoms with Gasteiger partial charge in [-0.3, -0.25) is 9.69 Å². The summed E-state index contributed by atoms with van der Waals surface area (Å²) in [5.74, 6) is 0.742. The molecule has 2 fully saturated rings. The molecule has 3 heterocycles. The highest BCUT2D eigenvalue weighted by molar-refractivity contribution is 5.92. The predicted octanol–water partition coefficient (Wildman–Crippen LogP) is 2.11. The van der Waals surface area contributed by atoms with Crippen LogP contribution in [0.1, 0.15) is 37.6 Å². The fourth-order valence-corrected chi connectivity index (χ4v) is 4.56. The molecule has 1 aromatic heterocycles. The summed E-state index contributed by atoms with van der Waals surface area (Å²) in [5.41, 5.74) is -0.381. The highest BCUT2D eigenvalue weighted by Crippen LogP contribution is 2.40. The van der Waals surface area contributed by atoms with Gasteiger partial charge in [-0.2, -0.15) is 0 Å². The first-order chi connectivity index (χ1) is 14.5. The summed E-state index contributed by atoms with van der Waals surface area (Å²) in [6, 6.07) is 9.70. The first-order valence-corrected chi connectivity index (χ1v) is 10.6. The third-order valence-electron chi connectivity index (χ3n) is 6.38. The van der Waals surface area contributed by atoms with E-state index in [2.05, 4.69) is 20.2 Å². The first kappa shape index (κ1) is 20.8. The molecule has 30 heavy (non-hydrogen) atoms. The van der Waals surface area contributed by atoms with E-state index >= 15 is 0 Å². The van der Waals surface area contributed by atoms with Crippen molar-refractivity contribution in [3.05, 3.63) is 60.2 Å². The second kappa shape index (κ2) is 8.71. The zero-order chi connectivity index (χ0) is 21.0. The lowest BCUT2D eigenvalue weighted by molar-refractivity contribution is -0.207. The molecule has 1 aromatic carbocycles. The number of nitrogens with one attached hydrogen (secondary N) is 2. The maximum Gasteiger partial charge on any atom is 0.244 e. The number of amides is 1. The number of imidazole rings is 1. The largest absolute Gasteiger partial charge is 0.388 e. The summed E-state index contributed by atoms with van der Waals surface area (Å²) >= 11 is 0. The van der Waals surface area contributed by atoms with Crippen molar-refractivity contribution in [1.82, 2.24) is 20.2 Å². The lowest BCUT2D eigenvalue weighted by Crippen LogP contribution is -2.69. The number of H-pyrrole nitrogens is 1. The number of carbonyl (C=O) groups excluding carboxylic acids is 1. The Labute approximate surface area is 177 Å². The molecule has 4 rings (SSSR count). The smallest absolute Gasteiger partial charge is 0.244 e. The molecule has 0 bridgehead atoms. The minimum absolute atomic E-state index is 0.201. The van der Waals surface area contributed by atoms with E-state index in [0.29, 0.717) is 13.0 Å². The molecule has 2 saturated heterocycles. The Balaban J connectivity index is 1.38. The summed E-state index contributed by atoms with van der Waals surface area (Å²) in [7, 11) is 0. The van der Waals surface area contributed by atoms with Crippen molar-refractivity contribution < 1.29 is 14.6 Å². The Morgan fingerprint density at radius 1 is 1.33 bits per heavy atom. The fourth-order valence-electron chi connectivity index (χ4n) is 4.56. The average molecular weight is 411 g/mol. The average Bonchev–Trinajstić information content (AvgIpc) is 3.26. The number of aromatic amines is 1. The second-order valence-corrected chi connectivity index (χ2v) is 8.53. The third kappa shape index (κ3) is 4.48. The van der Waals surface area contributed by atoms with Gasteiger partial charge in [0.05, 0.1) is 17.7 Å². The maximum atomic E-state index is 12.6. The number of piperidine rings is 1. The van der Waals surface area contributed by atoms with E-state index in [9.17, 15) is 9.90 Å². The van der Waals surface area contributed by atoms with Gasteiger partial charge < -0.3 is 20.1 Å². The van der Waals surface area contributed by atoms with Gasteiger partial charge in [-0.05, 0) is 37.8 Å². The van der Waals surface area contributed by atoms with Gasteiger partial charge in [0.1, 0.15) is 11.9 Å². The van der Waals surface area contributed by atoms with Crippen molar-refractivity contribution in [1.29, 1.82) is 0 Å². The van der Waals surface area contributed by atoms with Crippen molar-refractivity contribution in [2.75, 3.05) is 19.7 Å². The van der Waals surface area contributed by atoms with Gasteiger partial charge in [-0.15, -0.1) is 0 Å². The van der Waals surface area contributed by atoms with Crippen molar-refractivity contribution in [3.63, 3.8) is 0 Å². The molecule has 0 radical (unpaired) electrons. The number of aliphatic hydroxyl groups excluding tert-OH is 1. The van der Waals surface area contributed by atoms with Gasteiger partial charge in [-0.25, -0.2) is 4.98 Å². The monoisotopic (exact) mass is 410 g/mol. The summed E-state index contributed by atoms with van der Waals surface area (Å²) < 4.78 is 6.14. The number of hydrogen-bond acceptors (Lipinski definition) is 5. The van der Waals surface area contributed by atoms with Crippen LogP contribution in [-0.4, -0.2) is 62.8 Å². The van der Waals surface area contributed by atoms with E-state index < -0.39 is 17.2 Å². The Morgan fingerprint density at radius 2 is 2.10 bits per heavy atom. The Morgan fingerprint density at radius 3 is 2.80 bits per heavy atom. The Hall–Kier alpha value is -2.48. The van der Waals surface area contributed by atoms with Crippen molar-refractivity contribution >= 4 is 12.0 Å². The highest BCUT2D eigenvalue weighted by Gasteiger charge is 2.53. The number of benzene rings is 1. The van der Waals surface area contributed by atoms with Crippen molar-refractivity contribution in [2.24, 2.45) is 0 Å². The van der Waals surface area contributed by atoms with Gasteiger partial charge in [0, 0.05) is 38.2 Å². The Bertz CT molecular complexity index is 860. The molecule has 2 aromatic rings. The van der Waals surface area contributed by atoms with E-state index in [-0.39, 0.29) is 5.91 Å². The van der Waals surface area contributed by atoms with Crippen LogP contribution < -0.4 is 5.32 Å². The highest BCUT2D eigenvalue weighted by atomic mass is 16.5. The lowest BCUT2D eigenvalue weighted by Gasteiger charge is -2.53. The van der Waals surface area contributed by atoms with Crippen LogP contribution in [0.3, 0.4) is 0 Å². The van der Waals surface area contributed by atoms with Crippen LogP contribution >= 0.6 is 0 Å². The molecule has 2 aliphatic heterocycles. The van der Waals surface area contributed by atoms with Crippen LogP contribution in [0.25, 0.3) is 6.08 Å². The number of ether oxygens (including phenoxy) is 1. The molecule has 1 amide bonds. The van der Waals surface area contributed by atoms with Crippen LogP contribution in [0.5, 0.6) is 0 Å².